The lowest BCUT2D eigenvalue weighted by atomic mass is 10.1. The van der Waals surface area contributed by atoms with Crippen LogP contribution in [0.2, 0.25) is 5.02 Å². The van der Waals surface area contributed by atoms with Crippen molar-refractivity contribution < 1.29 is 22.4 Å². The Morgan fingerprint density at radius 3 is 2.57 bits per heavy atom. The standard InChI is InChI=1S/C19H16ClF4N5O/c20-15-3-2-12(10-14(15)19(22,23)24)25-18(30)28-7-5-13(6-8-28)29-17-4-1-11(21)9-16(17)26-27-29/h1-4,9-10,13H,5-8H2,(H,25,30). The third kappa shape index (κ3) is 4.04. The van der Waals surface area contributed by atoms with E-state index >= 15 is 0 Å². The molecule has 1 fully saturated rings. The molecule has 1 aromatic heterocycles. The number of carbonyl (C=O) groups is 1. The van der Waals surface area contributed by atoms with Gasteiger partial charge in [0.05, 0.1) is 22.1 Å². The predicted molar refractivity (Wildman–Crippen MR) is 103 cm³/mol. The molecule has 1 aliphatic rings. The Morgan fingerprint density at radius 1 is 1.13 bits per heavy atom. The van der Waals surface area contributed by atoms with E-state index in [0.717, 1.165) is 12.1 Å². The van der Waals surface area contributed by atoms with Crippen LogP contribution in [-0.2, 0) is 6.18 Å². The second kappa shape index (κ2) is 7.75. The number of amides is 2. The van der Waals surface area contributed by atoms with Crippen molar-refractivity contribution in [1.82, 2.24) is 19.9 Å². The van der Waals surface area contributed by atoms with Crippen LogP contribution in [0.4, 0.5) is 28.0 Å². The highest BCUT2D eigenvalue weighted by atomic mass is 35.5. The molecule has 0 atom stereocenters. The number of piperidine rings is 1. The van der Waals surface area contributed by atoms with Crippen molar-refractivity contribution in [3.8, 4) is 0 Å². The second-order valence-electron chi connectivity index (χ2n) is 7.01. The lowest BCUT2D eigenvalue weighted by Crippen LogP contribution is -2.41. The Kier molecular flexibility index (Phi) is 5.27. The first-order valence-corrected chi connectivity index (χ1v) is 9.53. The van der Waals surface area contributed by atoms with Crippen molar-refractivity contribution in [3.63, 3.8) is 0 Å². The predicted octanol–water partition coefficient (Wildman–Crippen LogP) is 5.11. The first-order chi connectivity index (χ1) is 14.2. The Hall–Kier alpha value is -2.88. The number of nitrogens with one attached hydrogen (secondary N) is 1. The van der Waals surface area contributed by atoms with Gasteiger partial charge in [0.1, 0.15) is 11.3 Å². The van der Waals surface area contributed by atoms with Crippen LogP contribution in [0.25, 0.3) is 11.0 Å². The molecule has 3 aromatic rings. The van der Waals surface area contributed by atoms with E-state index in [1.807, 2.05) is 0 Å². The molecular formula is C19H16ClF4N5O. The number of urea groups is 1. The normalized spacial score (nSPS) is 15.6. The topological polar surface area (TPSA) is 63.1 Å². The number of aromatic nitrogens is 3. The molecule has 1 N–H and O–H groups in total. The lowest BCUT2D eigenvalue weighted by molar-refractivity contribution is -0.137. The van der Waals surface area contributed by atoms with Crippen molar-refractivity contribution in [1.29, 1.82) is 0 Å². The number of halogens is 5. The van der Waals surface area contributed by atoms with Crippen molar-refractivity contribution in [3.05, 3.63) is 52.8 Å². The summed E-state index contributed by atoms with van der Waals surface area (Å²) in [7, 11) is 0. The summed E-state index contributed by atoms with van der Waals surface area (Å²) in [6.45, 7) is 0.775. The van der Waals surface area contributed by atoms with E-state index in [4.69, 9.17) is 11.6 Å². The van der Waals surface area contributed by atoms with E-state index in [1.54, 1.807) is 10.7 Å². The van der Waals surface area contributed by atoms with Gasteiger partial charge in [-0.25, -0.2) is 13.9 Å². The molecule has 0 saturated carbocycles. The minimum Gasteiger partial charge on any atom is -0.324 e. The summed E-state index contributed by atoms with van der Waals surface area (Å²) < 4.78 is 54.0. The van der Waals surface area contributed by atoms with Crippen LogP contribution in [0.3, 0.4) is 0 Å². The number of benzene rings is 2. The highest BCUT2D eigenvalue weighted by Gasteiger charge is 2.33. The first-order valence-electron chi connectivity index (χ1n) is 9.15. The molecule has 30 heavy (non-hydrogen) atoms. The summed E-state index contributed by atoms with van der Waals surface area (Å²) >= 11 is 5.60. The van der Waals surface area contributed by atoms with Gasteiger partial charge in [0, 0.05) is 24.8 Å². The molecule has 0 aliphatic carbocycles. The van der Waals surface area contributed by atoms with Crippen LogP contribution < -0.4 is 5.32 Å². The summed E-state index contributed by atoms with van der Waals surface area (Å²) in [5, 5.41) is 10.1. The molecule has 6 nitrogen and oxygen atoms in total. The molecule has 1 aliphatic heterocycles. The number of hydrogen-bond donors (Lipinski definition) is 1. The number of rotatable bonds is 2. The van der Waals surface area contributed by atoms with Crippen molar-refractivity contribution in [2.45, 2.75) is 25.1 Å². The van der Waals surface area contributed by atoms with Gasteiger partial charge in [0.25, 0.3) is 0 Å². The van der Waals surface area contributed by atoms with Crippen LogP contribution in [0, 0.1) is 5.82 Å². The van der Waals surface area contributed by atoms with Crippen LogP contribution in [0.1, 0.15) is 24.4 Å². The molecule has 11 heteroatoms. The molecule has 0 bridgehead atoms. The molecule has 2 heterocycles. The summed E-state index contributed by atoms with van der Waals surface area (Å²) in [5.41, 5.74) is 0.178. The largest absolute Gasteiger partial charge is 0.417 e. The van der Waals surface area contributed by atoms with Crippen molar-refractivity contribution in [2.24, 2.45) is 0 Å². The van der Waals surface area contributed by atoms with Gasteiger partial charge in [-0.05, 0) is 43.2 Å². The average Bonchev–Trinajstić information content (AvgIpc) is 3.11. The number of anilines is 1. The van der Waals surface area contributed by atoms with E-state index in [1.165, 1.54) is 23.1 Å². The number of alkyl halides is 3. The molecule has 158 valence electrons. The van der Waals surface area contributed by atoms with Gasteiger partial charge in [-0.2, -0.15) is 13.2 Å². The van der Waals surface area contributed by atoms with Crippen LogP contribution >= 0.6 is 11.6 Å². The number of fused-ring (bicyclic) bond motifs is 1. The fraction of sp³-hybridized carbons (Fsp3) is 0.316. The Balaban J connectivity index is 1.41. The number of likely N-dealkylation sites (tertiary alicyclic amines) is 1. The fourth-order valence-electron chi connectivity index (χ4n) is 3.52. The van der Waals surface area contributed by atoms with E-state index in [9.17, 15) is 22.4 Å². The summed E-state index contributed by atoms with van der Waals surface area (Å²) in [4.78, 5) is 14.0. The average molecular weight is 442 g/mol. The van der Waals surface area contributed by atoms with Crippen LogP contribution in [-0.4, -0.2) is 39.0 Å². The molecule has 1 saturated heterocycles. The van der Waals surface area contributed by atoms with Gasteiger partial charge in [0.15, 0.2) is 0 Å². The third-order valence-electron chi connectivity index (χ3n) is 5.05. The zero-order chi connectivity index (χ0) is 21.5. The third-order valence-corrected chi connectivity index (χ3v) is 5.38. The highest BCUT2D eigenvalue weighted by molar-refractivity contribution is 6.31. The van der Waals surface area contributed by atoms with Crippen molar-refractivity contribution in [2.75, 3.05) is 18.4 Å². The number of carbonyl (C=O) groups excluding carboxylic acids is 1. The van der Waals surface area contributed by atoms with E-state index in [0.29, 0.717) is 37.0 Å². The molecular weight excluding hydrogens is 426 g/mol. The molecule has 0 unspecified atom stereocenters. The van der Waals surface area contributed by atoms with Gasteiger partial charge in [0.2, 0.25) is 0 Å². The molecule has 2 aromatic carbocycles. The number of nitrogens with zero attached hydrogens (tertiary/aromatic N) is 4. The number of hydrogen-bond acceptors (Lipinski definition) is 3. The van der Waals surface area contributed by atoms with Crippen molar-refractivity contribution >= 4 is 34.4 Å². The zero-order valence-corrected chi connectivity index (χ0v) is 16.2. The summed E-state index contributed by atoms with van der Waals surface area (Å²) in [6, 6.07) is 6.99. The maximum absolute atomic E-state index is 13.3. The molecule has 4 rings (SSSR count). The van der Waals surface area contributed by atoms with Gasteiger partial charge in [-0.15, -0.1) is 5.10 Å². The van der Waals surface area contributed by atoms with Gasteiger partial charge in [-0.3, -0.25) is 0 Å². The summed E-state index contributed by atoms with van der Waals surface area (Å²) in [5.74, 6) is -0.392. The SMILES string of the molecule is O=C(Nc1ccc(Cl)c(C(F)(F)F)c1)N1CCC(n2nnc3cc(F)ccc32)CC1. The van der Waals surface area contributed by atoms with Gasteiger partial charge >= 0.3 is 12.2 Å². The Morgan fingerprint density at radius 2 is 1.87 bits per heavy atom. The molecule has 0 radical (unpaired) electrons. The van der Waals surface area contributed by atoms with Crippen LogP contribution in [0.15, 0.2) is 36.4 Å². The molecule has 0 spiro atoms. The minimum absolute atomic E-state index is 0.0168. The highest BCUT2D eigenvalue weighted by Crippen LogP contribution is 2.36. The van der Waals surface area contributed by atoms with Crippen LogP contribution in [0.5, 0.6) is 0 Å². The monoisotopic (exact) mass is 441 g/mol. The van der Waals surface area contributed by atoms with E-state index in [-0.39, 0.29) is 11.7 Å². The molecule has 2 amide bonds. The maximum atomic E-state index is 13.3. The Labute approximate surface area is 173 Å². The smallest absolute Gasteiger partial charge is 0.324 e. The fourth-order valence-corrected chi connectivity index (χ4v) is 3.75. The Bertz CT molecular complexity index is 1090. The second-order valence-corrected chi connectivity index (χ2v) is 7.42. The minimum atomic E-state index is -4.61. The summed E-state index contributed by atoms with van der Waals surface area (Å²) in [6.07, 6.45) is -3.45. The lowest BCUT2D eigenvalue weighted by Gasteiger charge is -2.32. The van der Waals surface area contributed by atoms with Gasteiger partial charge < -0.3 is 10.2 Å². The van der Waals surface area contributed by atoms with E-state index in [2.05, 4.69) is 15.6 Å². The zero-order valence-electron chi connectivity index (χ0n) is 15.5. The van der Waals surface area contributed by atoms with E-state index < -0.39 is 28.6 Å². The maximum Gasteiger partial charge on any atom is 0.417 e. The quantitative estimate of drug-likeness (QED) is 0.562. The van der Waals surface area contributed by atoms with Gasteiger partial charge in [-0.1, -0.05) is 16.8 Å². The first kappa shape index (κ1) is 20.4.